The van der Waals surface area contributed by atoms with Crippen molar-refractivity contribution in [3.63, 3.8) is 0 Å². The zero-order valence-corrected chi connectivity index (χ0v) is 14.4. The molecule has 2 rings (SSSR count). The van der Waals surface area contributed by atoms with Crippen LogP contribution in [0.15, 0.2) is 20.0 Å². The SMILES string of the molecule is O=S1(=O)CCCN(S(=O)(=O)c2cc(CCl)oc2Br)CC1. The number of rotatable bonds is 3. The molecule has 1 fully saturated rings. The van der Waals surface area contributed by atoms with Crippen LogP contribution in [-0.2, 0) is 25.7 Å². The topological polar surface area (TPSA) is 84.7 Å². The van der Waals surface area contributed by atoms with Gasteiger partial charge in [0, 0.05) is 19.2 Å². The van der Waals surface area contributed by atoms with Gasteiger partial charge in [0.15, 0.2) is 14.5 Å². The number of hydrogen-bond acceptors (Lipinski definition) is 5. The van der Waals surface area contributed by atoms with Gasteiger partial charge in [0.05, 0.1) is 17.4 Å². The molecule has 2 heterocycles. The first-order valence-electron chi connectivity index (χ1n) is 5.81. The summed E-state index contributed by atoms with van der Waals surface area (Å²) >= 11 is 8.66. The van der Waals surface area contributed by atoms with Gasteiger partial charge < -0.3 is 4.42 Å². The number of sulfone groups is 1. The molecule has 0 atom stereocenters. The molecule has 10 heteroatoms. The molecule has 0 N–H and O–H groups in total. The second kappa shape index (κ2) is 5.96. The van der Waals surface area contributed by atoms with E-state index in [0.717, 1.165) is 0 Å². The number of nitrogens with zero attached hydrogens (tertiary/aromatic N) is 1. The van der Waals surface area contributed by atoms with E-state index in [4.69, 9.17) is 16.0 Å². The van der Waals surface area contributed by atoms with Crippen LogP contribution in [-0.4, -0.2) is 45.7 Å². The summed E-state index contributed by atoms with van der Waals surface area (Å²) in [6.07, 6.45) is 0.291. The molecular formula is C10H13BrClNO5S2. The number of halogens is 2. The Morgan fingerprint density at radius 2 is 2.05 bits per heavy atom. The maximum Gasteiger partial charge on any atom is 0.247 e. The first-order valence-corrected chi connectivity index (χ1v) is 10.4. The van der Waals surface area contributed by atoms with Gasteiger partial charge in [0.1, 0.15) is 10.7 Å². The van der Waals surface area contributed by atoms with Gasteiger partial charge in [-0.3, -0.25) is 0 Å². The van der Waals surface area contributed by atoms with Crippen molar-refractivity contribution >= 4 is 47.4 Å². The zero-order valence-electron chi connectivity index (χ0n) is 10.4. The molecule has 0 amide bonds. The fourth-order valence-electron chi connectivity index (χ4n) is 1.93. The van der Waals surface area contributed by atoms with E-state index in [2.05, 4.69) is 15.9 Å². The first kappa shape index (κ1) is 16.3. The molecular weight excluding hydrogens is 394 g/mol. The van der Waals surface area contributed by atoms with E-state index in [-0.39, 0.29) is 40.0 Å². The Labute approximate surface area is 131 Å². The fourth-order valence-corrected chi connectivity index (χ4v) is 5.89. The summed E-state index contributed by atoms with van der Waals surface area (Å²) in [5.74, 6) is 0.241. The lowest BCUT2D eigenvalue weighted by Crippen LogP contribution is -2.33. The molecule has 6 nitrogen and oxygen atoms in total. The molecule has 1 aromatic rings. The quantitative estimate of drug-likeness (QED) is 0.712. The van der Waals surface area contributed by atoms with E-state index in [1.54, 1.807) is 0 Å². The van der Waals surface area contributed by atoms with E-state index in [1.165, 1.54) is 10.4 Å². The highest BCUT2D eigenvalue weighted by molar-refractivity contribution is 9.10. The molecule has 20 heavy (non-hydrogen) atoms. The van der Waals surface area contributed by atoms with E-state index in [9.17, 15) is 16.8 Å². The van der Waals surface area contributed by atoms with Crippen molar-refractivity contribution < 1.29 is 21.3 Å². The fraction of sp³-hybridized carbons (Fsp3) is 0.600. The maximum atomic E-state index is 12.5. The third kappa shape index (κ3) is 3.38. The predicted molar refractivity (Wildman–Crippen MR) is 78.0 cm³/mol. The van der Waals surface area contributed by atoms with Crippen LogP contribution < -0.4 is 0 Å². The molecule has 0 radical (unpaired) electrons. The second-order valence-corrected chi connectivity index (χ2v) is 9.59. The molecule has 1 aliphatic heterocycles. The second-order valence-electron chi connectivity index (χ2n) is 4.39. The third-order valence-electron chi connectivity index (χ3n) is 2.97. The van der Waals surface area contributed by atoms with E-state index >= 15 is 0 Å². The van der Waals surface area contributed by atoms with Gasteiger partial charge in [0.25, 0.3) is 0 Å². The van der Waals surface area contributed by atoms with E-state index < -0.39 is 19.9 Å². The number of furan rings is 1. The van der Waals surface area contributed by atoms with Crippen molar-refractivity contribution in [2.45, 2.75) is 17.2 Å². The van der Waals surface area contributed by atoms with Crippen LogP contribution in [0.2, 0.25) is 0 Å². The Bertz CT molecular complexity index is 697. The predicted octanol–water partition coefficient (Wildman–Crippen LogP) is 1.59. The summed E-state index contributed by atoms with van der Waals surface area (Å²) in [4.78, 5) is -0.0209. The Morgan fingerprint density at radius 1 is 1.35 bits per heavy atom. The maximum absolute atomic E-state index is 12.5. The molecule has 0 unspecified atom stereocenters. The van der Waals surface area contributed by atoms with Crippen molar-refractivity contribution in [3.05, 3.63) is 16.5 Å². The highest BCUT2D eigenvalue weighted by Crippen LogP contribution is 2.30. The first-order chi connectivity index (χ1) is 9.26. The minimum atomic E-state index is -3.79. The summed E-state index contributed by atoms with van der Waals surface area (Å²) in [6.45, 7) is 0.133. The van der Waals surface area contributed by atoms with Gasteiger partial charge >= 0.3 is 0 Å². The third-order valence-corrected chi connectivity index (χ3v) is 7.70. The molecule has 1 aliphatic rings. The molecule has 0 spiro atoms. The average Bonchev–Trinajstić information content (AvgIpc) is 2.64. The molecule has 114 valence electrons. The van der Waals surface area contributed by atoms with Crippen LogP contribution in [0.3, 0.4) is 0 Å². The highest BCUT2D eigenvalue weighted by Gasteiger charge is 2.32. The number of alkyl halides is 1. The molecule has 0 saturated carbocycles. The molecule has 0 aromatic carbocycles. The van der Waals surface area contributed by atoms with Gasteiger partial charge in [-0.2, -0.15) is 4.31 Å². The monoisotopic (exact) mass is 405 g/mol. The average molecular weight is 407 g/mol. The van der Waals surface area contributed by atoms with E-state index in [0.29, 0.717) is 12.2 Å². The molecule has 1 aromatic heterocycles. The van der Waals surface area contributed by atoms with Crippen LogP contribution in [0.1, 0.15) is 12.2 Å². The van der Waals surface area contributed by atoms with Crippen LogP contribution in [0.4, 0.5) is 0 Å². The van der Waals surface area contributed by atoms with Gasteiger partial charge in [0.2, 0.25) is 10.0 Å². The molecule has 1 saturated heterocycles. The van der Waals surface area contributed by atoms with Crippen LogP contribution in [0, 0.1) is 0 Å². The van der Waals surface area contributed by atoms with Crippen LogP contribution >= 0.6 is 27.5 Å². The summed E-state index contributed by atoms with van der Waals surface area (Å²) in [5.41, 5.74) is 0. The molecule has 0 aliphatic carbocycles. The lowest BCUT2D eigenvalue weighted by molar-refractivity contribution is 0.431. The zero-order chi connectivity index (χ0) is 15.0. The van der Waals surface area contributed by atoms with Crippen molar-refractivity contribution in [3.8, 4) is 0 Å². The lowest BCUT2D eigenvalue weighted by atomic mass is 10.5. The summed E-state index contributed by atoms with van der Waals surface area (Å²) in [7, 11) is -6.95. The van der Waals surface area contributed by atoms with Gasteiger partial charge in [-0.05, 0) is 22.4 Å². The van der Waals surface area contributed by atoms with Crippen molar-refractivity contribution in [2.24, 2.45) is 0 Å². The lowest BCUT2D eigenvalue weighted by Gasteiger charge is -2.18. The minimum absolute atomic E-state index is 0.0124. The van der Waals surface area contributed by atoms with Gasteiger partial charge in [-0.1, -0.05) is 0 Å². The van der Waals surface area contributed by atoms with Crippen molar-refractivity contribution in [2.75, 3.05) is 24.6 Å². The summed E-state index contributed by atoms with van der Waals surface area (Å²) in [6, 6.07) is 1.35. The Morgan fingerprint density at radius 3 is 2.65 bits per heavy atom. The standard InChI is InChI=1S/C10H13BrClNO5S2/c11-10-9(6-8(7-12)18-10)20(16,17)13-2-1-4-19(14,15)5-3-13/h6H,1-5,7H2. The van der Waals surface area contributed by atoms with Crippen molar-refractivity contribution in [1.29, 1.82) is 0 Å². The Kier molecular flexibility index (Phi) is 4.85. The van der Waals surface area contributed by atoms with Crippen LogP contribution in [0.25, 0.3) is 0 Å². The Balaban J connectivity index is 2.32. The minimum Gasteiger partial charge on any atom is -0.452 e. The summed E-state index contributed by atoms with van der Waals surface area (Å²) in [5, 5.41) is 0. The highest BCUT2D eigenvalue weighted by atomic mass is 79.9. The molecule has 0 bridgehead atoms. The number of sulfonamides is 1. The van der Waals surface area contributed by atoms with Crippen molar-refractivity contribution in [1.82, 2.24) is 4.31 Å². The van der Waals surface area contributed by atoms with E-state index in [1.807, 2.05) is 0 Å². The largest absolute Gasteiger partial charge is 0.452 e. The van der Waals surface area contributed by atoms with Gasteiger partial charge in [-0.25, -0.2) is 16.8 Å². The summed E-state index contributed by atoms with van der Waals surface area (Å²) < 4.78 is 54.5. The number of hydrogen-bond donors (Lipinski definition) is 0. The van der Waals surface area contributed by atoms with Gasteiger partial charge in [-0.15, -0.1) is 11.6 Å². The Hall–Kier alpha value is -0.0900. The smallest absolute Gasteiger partial charge is 0.247 e. The normalized spacial score (nSPS) is 20.7. The van der Waals surface area contributed by atoms with Crippen LogP contribution in [0.5, 0.6) is 0 Å².